The summed E-state index contributed by atoms with van der Waals surface area (Å²) >= 11 is 0. The largest absolute Gasteiger partial charge is 0.487 e. The molecule has 1 amide bonds. The summed E-state index contributed by atoms with van der Waals surface area (Å²) in [5.74, 6) is -1.37. The van der Waals surface area contributed by atoms with Crippen LogP contribution in [0.2, 0.25) is 5.11 Å². The van der Waals surface area contributed by atoms with Crippen molar-refractivity contribution in [3.05, 3.63) is 47.5 Å². The summed E-state index contributed by atoms with van der Waals surface area (Å²) in [5.41, 5.74) is -0.373. The fourth-order valence-corrected chi connectivity index (χ4v) is 3.39. The normalized spacial score (nSPS) is 16.8. The number of carbonyl (C=O) groups is 1. The Hall–Kier alpha value is -3.35. The zero-order chi connectivity index (χ0) is 24.1. The summed E-state index contributed by atoms with van der Waals surface area (Å²) in [7, 11) is 30.3. The Bertz CT molecular complexity index is 1300. The van der Waals surface area contributed by atoms with Crippen LogP contribution in [0.15, 0.2) is 30.6 Å². The van der Waals surface area contributed by atoms with E-state index in [4.69, 9.17) is 44.0 Å². The van der Waals surface area contributed by atoms with E-state index in [9.17, 15) is 14.4 Å². The Balaban J connectivity index is 2.13. The van der Waals surface area contributed by atoms with Crippen molar-refractivity contribution in [3.8, 4) is 11.8 Å². The van der Waals surface area contributed by atoms with Crippen molar-refractivity contribution in [2.75, 3.05) is 11.4 Å². The highest BCUT2D eigenvalue weighted by Gasteiger charge is 2.41. The Morgan fingerprint density at radius 2 is 2.00 bits per heavy atom. The van der Waals surface area contributed by atoms with E-state index in [2.05, 4.69) is 15.4 Å². The van der Waals surface area contributed by atoms with Gasteiger partial charge in [0.15, 0.2) is 5.65 Å². The summed E-state index contributed by atoms with van der Waals surface area (Å²) in [6, 6.07) is 5.53. The lowest BCUT2D eigenvalue weighted by molar-refractivity contribution is 0.0933. The minimum Gasteiger partial charge on any atom is -0.487 e. The molecule has 0 spiro atoms. The van der Waals surface area contributed by atoms with Gasteiger partial charge < -0.3 is 15.0 Å². The third-order valence-corrected chi connectivity index (χ3v) is 5.20. The molecule has 8 nitrogen and oxygen atoms in total. The zero-order valence-electron chi connectivity index (χ0n) is 17.5. The van der Waals surface area contributed by atoms with Crippen LogP contribution in [-0.4, -0.2) is 77.7 Å². The number of hydrogen-bond acceptors (Lipinski definition) is 6. The van der Waals surface area contributed by atoms with Crippen molar-refractivity contribution in [2.45, 2.75) is 23.5 Å². The van der Waals surface area contributed by atoms with Crippen molar-refractivity contribution in [1.82, 2.24) is 19.9 Å². The molecule has 2 aromatic heterocycles. The van der Waals surface area contributed by atoms with Crippen molar-refractivity contribution in [1.29, 1.82) is 5.26 Å². The molecular formula is C19H12B5FN6O2. The molecule has 1 atom stereocenters. The summed E-state index contributed by atoms with van der Waals surface area (Å²) in [6.45, 7) is 1.73. The molecule has 1 aliphatic rings. The first kappa shape index (κ1) is 22.8. The van der Waals surface area contributed by atoms with E-state index in [1.54, 1.807) is 13.0 Å². The molecule has 33 heavy (non-hydrogen) atoms. The average Bonchev–Trinajstić information content (AvgIpc) is 3.16. The van der Waals surface area contributed by atoms with Gasteiger partial charge in [0, 0.05) is 6.20 Å². The molecule has 152 valence electrons. The number of hydrogen-bond donors (Lipinski definition) is 1. The van der Waals surface area contributed by atoms with E-state index >= 15 is 0 Å². The van der Waals surface area contributed by atoms with E-state index in [1.165, 1.54) is 29.0 Å². The third-order valence-electron chi connectivity index (χ3n) is 5.20. The quantitative estimate of drug-likeness (QED) is 0.575. The molecule has 0 aliphatic carbocycles. The standard InChI is InChI=1S/C19H12B5FN6O2/c1-9-7-27-17(32)11-8-28-30-5-4-14(29-16(11)30)31(19(23,24)18(20,21)22)15-10(6-26)12(25)2-3-13(15)33-9/h2-5,8-9H,7H2,1H3,(H,27,32)/t9-/m0/s1. The first-order valence-electron chi connectivity index (χ1n) is 9.72. The second kappa shape index (κ2) is 7.90. The maximum Gasteiger partial charge on any atom is 0.256 e. The van der Waals surface area contributed by atoms with E-state index in [0.717, 1.165) is 11.0 Å². The molecule has 3 heterocycles. The van der Waals surface area contributed by atoms with Gasteiger partial charge in [0.2, 0.25) is 0 Å². The Kier molecular flexibility index (Phi) is 5.47. The molecule has 0 saturated heterocycles. The van der Waals surface area contributed by atoms with E-state index < -0.39 is 33.8 Å². The minimum atomic E-state index is -2.33. The molecule has 10 radical (unpaired) electrons. The van der Waals surface area contributed by atoms with E-state index in [0.29, 0.717) is 0 Å². The van der Waals surface area contributed by atoms with Crippen molar-refractivity contribution in [3.63, 3.8) is 0 Å². The second-order valence-electron chi connectivity index (χ2n) is 7.73. The van der Waals surface area contributed by atoms with Crippen LogP contribution in [0.5, 0.6) is 5.75 Å². The number of halogens is 1. The predicted molar refractivity (Wildman–Crippen MR) is 123 cm³/mol. The number of benzene rings is 1. The van der Waals surface area contributed by atoms with Crippen LogP contribution in [0.4, 0.5) is 15.9 Å². The van der Waals surface area contributed by atoms with Crippen LogP contribution in [0, 0.1) is 17.1 Å². The van der Waals surface area contributed by atoms with Crippen LogP contribution in [0.3, 0.4) is 0 Å². The molecule has 14 heteroatoms. The SMILES string of the molecule is [B]C([B])([B])C([B])([B])N1c2ccn3ncc(c3n2)C(=O)NC[C@H](C)Oc2ccc(F)c(C#N)c21. The number of ether oxygens (including phenoxy) is 1. The predicted octanol–water partition coefficient (Wildman–Crippen LogP) is -0.0411. The topological polar surface area (TPSA) is 95.6 Å². The Morgan fingerprint density at radius 3 is 2.67 bits per heavy atom. The monoisotopic (exact) mass is 430 g/mol. The summed E-state index contributed by atoms with van der Waals surface area (Å²) < 4.78 is 22.0. The highest BCUT2D eigenvalue weighted by Crippen LogP contribution is 2.45. The van der Waals surface area contributed by atoms with Gasteiger partial charge in [0.05, 0.1) is 52.0 Å². The van der Waals surface area contributed by atoms with Gasteiger partial charge in [-0.3, -0.25) is 4.79 Å². The van der Waals surface area contributed by atoms with Crippen molar-refractivity contribution >= 4 is 62.3 Å². The van der Waals surface area contributed by atoms with Crippen LogP contribution < -0.4 is 15.0 Å². The number of fused-ring (bicyclic) bond motifs is 2. The maximum atomic E-state index is 14.8. The number of amides is 1. The van der Waals surface area contributed by atoms with Gasteiger partial charge >= 0.3 is 0 Å². The molecule has 0 saturated carbocycles. The first-order valence-corrected chi connectivity index (χ1v) is 9.72. The lowest BCUT2D eigenvalue weighted by Gasteiger charge is -2.51. The Labute approximate surface area is 195 Å². The van der Waals surface area contributed by atoms with Crippen LogP contribution >= 0.6 is 0 Å². The lowest BCUT2D eigenvalue weighted by atomic mass is 9.26. The number of nitriles is 1. The summed E-state index contributed by atoms with van der Waals surface area (Å²) in [5, 5.41) is 12.0. The molecule has 1 aliphatic heterocycles. The molecule has 2 bridgehead atoms. The van der Waals surface area contributed by atoms with Crippen LogP contribution in [0.1, 0.15) is 22.8 Å². The molecule has 4 rings (SSSR count). The Morgan fingerprint density at radius 1 is 1.27 bits per heavy atom. The molecule has 1 N–H and O–H groups in total. The molecule has 0 fully saturated rings. The number of carbonyl (C=O) groups excluding carboxylic acids is 1. The van der Waals surface area contributed by atoms with Gasteiger partial charge in [0.1, 0.15) is 46.4 Å². The summed E-state index contributed by atoms with van der Waals surface area (Å²) in [4.78, 5) is 18.2. The maximum absolute atomic E-state index is 14.8. The molecule has 1 aromatic carbocycles. The highest BCUT2D eigenvalue weighted by atomic mass is 19.1. The van der Waals surface area contributed by atoms with Gasteiger partial charge in [-0.05, 0) is 30.5 Å². The van der Waals surface area contributed by atoms with Crippen LogP contribution in [0.25, 0.3) is 5.65 Å². The van der Waals surface area contributed by atoms with Gasteiger partial charge in [-0.25, -0.2) is 13.9 Å². The highest BCUT2D eigenvalue weighted by molar-refractivity contribution is 6.68. The van der Waals surface area contributed by atoms with Crippen LogP contribution in [-0.2, 0) is 0 Å². The fraction of sp³-hybridized carbons (Fsp3) is 0.263. The lowest BCUT2D eigenvalue weighted by Crippen LogP contribution is -2.58. The number of aromatic nitrogens is 3. The van der Waals surface area contributed by atoms with Gasteiger partial charge in [0.25, 0.3) is 5.91 Å². The molecule has 0 unspecified atom stereocenters. The van der Waals surface area contributed by atoms with E-state index in [1.807, 2.05) is 0 Å². The minimum absolute atomic E-state index is 0.00945. The summed E-state index contributed by atoms with van der Waals surface area (Å²) in [6.07, 6.45) is 2.17. The first-order chi connectivity index (χ1) is 15.5. The average molecular weight is 429 g/mol. The van der Waals surface area contributed by atoms with Gasteiger partial charge in [-0.1, -0.05) is 0 Å². The second-order valence-corrected chi connectivity index (χ2v) is 7.73. The number of nitrogens with zero attached hydrogens (tertiary/aromatic N) is 5. The van der Waals surface area contributed by atoms with Crippen molar-refractivity contribution in [2.24, 2.45) is 0 Å². The van der Waals surface area contributed by atoms with Gasteiger partial charge in [-0.2, -0.15) is 10.4 Å². The number of rotatable bonds is 2. The van der Waals surface area contributed by atoms with Gasteiger partial charge in [-0.15, -0.1) is 5.11 Å². The van der Waals surface area contributed by atoms with Crippen molar-refractivity contribution < 1.29 is 13.9 Å². The molecular weight excluding hydrogens is 417 g/mol. The third kappa shape index (κ3) is 3.75. The number of anilines is 2. The zero-order valence-corrected chi connectivity index (χ0v) is 17.5. The van der Waals surface area contributed by atoms with E-state index in [-0.39, 0.29) is 35.0 Å². The smallest absolute Gasteiger partial charge is 0.256 e. The number of nitrogens with one attached hydrogen (secondary N) is 1. The molecule has 3 aromatic rings. The fourth-order valence-electron chi connectivity index (χ4n) is 3.39.